The molecule has 0 aromatic heterocycles. The molecule has 0 spiro atoms. The number of rotatable bonds is 6. The molecule has 0 radical (unpaired) electrons. The van der Waals surface area contributed by atoms with E-state index in [1.54, 1.807) is 12.1 Å². The van der Waals surface area contributed by atoms with E-state index in [4.69, 9.17) is 4.74 Å². The van der Waals surface area contributed by atoms with E-state index in [2.05, 4.69) is 9.80 Å². The topological polar surface area (TPSA) is 58.9 Å². The predicted octanol–water partition coefficient (Wildman–Crippen LogP) is 2.53. The molecule has 2 fully saturated rings. The number of nitro benzene ring substituents is 1. The van der Waals surface area contributed by atoms with Crippen LogP contribution >= 0.6 is 0 Å². The summed E-state index contributed by atoms with van der Waals surface area (Å²) in [6.45, 7) is 6.27. The molecule has 126 valence electrons. The van der Waals surface area contributed by atoms with Gasteiger partial charge in [-0.25, -0.2) is 0 Å². The van der Waals surface area contributed by atoms with E-state index in [-0.39, 0.29) is 5.69 Å². The molecular weight excluding hydrogens is 294 g/mol. The van der Waals surface area contributed by atoms with Crippen molar-refractivity contribution < 1.29 is 9.66 Å². The number of ether oxygens (including phenoxy) is 1. The van der Waals surface area contributed by atoms with Crippen LogP contribution in [-0.4, -0.2) is 60.1 Å². The highest BCUT2D eigenvalue weighted by atomic mass is 16.6. The Balaban J connectivity index is 1.38. The molecule has 2 heterocycles. The van der Waals surface area contributed by atoms with Gasteiger partial charge in [0.15, 0.2) is 0 Å². The molecule has 0 aliphatic carbocycles. The first-order valence-corrected chi connectivity index (χ1v) is 8.56. The number of benzene rings is 1. The number of hydrogen-bond acceptors (Lipinski definition) is 5. The summed E-state index contributed by atoms with van der Waals surface area (Å²) >= 11 is 0. The normalized spacial score (nSPS) is 20.7. The van der Waals surface area contributed by atoms with Crippen LogP contribution in [0.15, 0.2) is 24.3 Å². The van der Waals surface area contributed by atoms with Crippen LogP contribution in [0.5, 0.6) is 5.75 Å². The molecule has 0 amide bonds. The molecule has 2 aliphatic rings. The van der Waals surface area contributed by atoms with Crippen molar-refractivity contribution in [1.29, 1.82) is 0 Å². The predicted molar refractivity (Wildman–Crippen MR) is 88.9 cm³/mol. The van der Waals surface area contributed by atoms with E-state index in [1.165, 1.54) is 50.9 Å². The Morgan fingerprint density at radius 1 is 1.17 bits per heavy atom. The fourth-order valence-electron chi connectivity index (χ4n) is 3.59. The van der Waals surface area contributed by atoms with Crippen molar-refractivity contribution in [3.63, 3.8) is 0 Å². The highest BCUT2D eigenvalue weighted by Crippen LogP contribution is 2.21. The van der Waals surface area contributed by atoms with Gasteiger partial charge in [0.1, 0.15) is 12.4 Å². The molecule has 1 aromatic rings. The van der Waals surface area contributed by atoms with Gasteiger partial charge < -0.3 is 9.64 Å². The Kier molecular flexibility index (Phi) is 5.46. The first kappa shape index (κ1) is 16.2. The third-order valence-electron chi connectivity index (χ3n) is 4.92. The number of likely N-dealkylation sites (tertiary alicyclic amines) is 2. The third kappa shape index (κ3) is 4.42. The van der Waals surface area contributed by atoms with Gasteiger partial charge in [-0.3, -0.25) is 15.0 Å². The molecule has 0 unspecified atom stereocenters. The van der Waals surface area contributed by atoms with Crippen molar-refractivity contribution in [3.05, 3.63) is 34.4 Å². The summed E-state index contributed by atoms with van der Waals surface area (Å²) in [5, 5.41) is 10.8. The van der Waals surface area contributed by atoms with Crippen LogP contribution in [0.25, 0.3) is 0 Å². The summed E-state index contributed by atoms with van der Waals surface area (Å²) in [5.41, 5.74) is 0.0777. The Hall–Kier alpha value is -1.66. The Morgan fingerprint density at radius 2 is 1.91 bits per heavy atom. The molecule has 0 bridgehead atoms. The van der Waals surface area contributed by atoms with Gasteiger partial charge in [0.2, 0.25) is 0 Å². The van der Waals surface area contributed by atoms with E-state index in [9.17, 15) is 10.1 Å². The van der Waals surface area contributed by atoms with Gasteiger partial charge >= 0.3 is 0 Å². The lowest BCUT2D eigenvalue weighted by Gasteiger charge is -2.36. The molecule has 0 saturated carbocycles. The van der Waals surface area contributed by atoms with E-state index in [1.807, 2.05) is 0 Å². The van der Waals surface area contributed by atoms with Gasteiger partial charge in [0, 0.05) is 18.7 Å². The largest absolute Gasteiger partial charge is 0.492 e. The van der Waals surface area contributed by atoms with Crippen molar-refractivity contribution in [3.8, 4) is 5.75 Å². The van der Waals surface area contributed by atoms with Crippen LogP contribution in [0.3, 0.4) is 0 Å². The first-order valence-electron chi connectivity index (χ1n) is 8.56. The van der Waals surface area contributed by atoms with Gasteiger partial charge in [0.05, 0.1) is 11.0 Å². The summed E-state index contributed by atoms with van der Waals surface area (Å²) in [7, 11) is 0. The van der Waals surface area contributed by atoms with Crippen LogP contribution in [-0.2, 0) is 0 Å². The minimum atomic E-state index is -0.393. The van der Waals surface area contributed by atoms with Crippen LogP contribution < -0.4 is 4.74 Å². The zero-order chi connectivity index (χ0) is 16.1. The molecule has 2 aliphatic heterocycles. The molecule has 6 nitrogen and oxygen atoms in total. The maximum absolute atomic E-state index is 10.8. The van der Waals surface area contributed by atoms with E-state index in [0.717, 1.165) is 25.7 Å². The maximum atomic E-state index is 10.8. The van der Waals surface area contributed by atoms with Crippen molar-refractivity contribution in [2.24, 2.45) is 0 Å². The monoisotopic (exact) mass is 319 g/mol. The number of piperidine rings is 1. The molecule has 23 heavy (non-hydrogen) atoms. The standard InChI is InChI=1S/C17H25N3O3/c21-20(22)16-4-3-5-17(14-16)23-13-12-18-10-6-15(7-11-18)19-8-1-2-9-19/h3-5,14-15H,1-2,6-13H2. The quantitative estimate of drug-likeness (QED) is 0.596. The maximum Gasteiger partial charge on any atom is 0.273 e. The number of nitro groups is 1. The molecule has 2 saturated heterocycles. The fourth-order valence-corrected chi connectivity index (χ4v) is 3.59. The van der Waals surface area contributed by atoms with Crippen molar-refractivity contribution in [2.45, 2.75) is 31.7 Å². The Labute approximate surface area is 137 Å². The molecular formula is C17H25N3O3. The second-order valence-electron chi connectivity index (χ2n) is 6.42. The average molecular weight is 319 g/mol. The first-order chi connectivity index (χ1) is 11.2. The summed E-state index contributed by atoms with van der Waals surface area (Å²) < 4.78 is 5.67. The summed E-state index contributed by atoms with van der Waals surface area (Å²) in [6.07, 6.45) is 5.21. The SMILES string of the molecule is O=[N+]([O-])c1cccc(OCCN2CCC(N3CCCC3)CC2)c1. The number of nitrogens with zero attached hydrogens (tertiary/aromatic N) is 3. The number of non-ortho nitro benzene ring substituents is 1. The molecule has 6 heteroatoms. The highest BCUT2D eigenvalue weighted by molar-refractivity contribution is 5.37. The molecule has 0 atom stereocenters. The van der Waals surface area contributed by atoms with Gasteiger partial charge in [-0.05, 0) is 57.9 Å². The van der Waals surface area contributed by atoms with Crippen molar-refractivity contribution >= 4 is 5.69 Å². The van der Waals surface area contributed by atoms with Crippen LogP contribution in [0, 0.1) is 10.1 Å². The zero-order valence-corrected chi connectivity index (χ0v) is 13.5. The lowest BCUT2D eigenvalue weighted by atomic mass is 10.0. The summed E-state index contributed by atoms with van der Waals surface area (Å²) in [4.78, 5) is 15.4. The van der Waals surface area contributed by atoms with Gasteiger partial charge in [-0.1, -0.05) is 6.07 Å². The Morgan fingerprint density at radius 3 is 2.61 bits per heavy atom. The minimum Gasteiger partial charge on any atom is -0.492 e. The molecule has 3 rings (SSSR count). The highest BCUT2D eigenvalue weighted by Gasteiger charge is 2.26. The van der Waals surface area contributed by atoms with Gasteiger partial charge in [-0.2, -0.15) is 0 Å². The van der Waals surface area contributed by atoms with Crippen LogP contribution in [0.1, 0.15) is 25.7 Å². The third-order valence-corrected chi connectivity index (χ3v) is 4.92. The summed E-state index contributed by atoms with van der Waals surface area (Å²) in [6, 6.07) is 7.17. The van der Waals surface area contributed by atoms with E-state index in [0.29, 0.717) is 12.4 Å². The zero-order valence-electron chi connectivity index (χ0n) is 13.5. The number of hydrogen-bond donors (Lipinski definition) is 0. The second-order valence-corrected chi connectivity index (χ2v) is 6.42. The average Bonchev–Trinajstić information content (AvgIpc) is 3.10. The smallest absolute Gasteiger partial charge is 0.273 e. The lowest BCUT2D eigenvalue weighted by Crippen LogP contribution is -2.44. The fraction of sp³-hybridized carbons (Fsp3) is 0.647. The Bertz CT molecular complexity index is 524. The van der Waals surface area contributed by atoms with Crippen LogP contribution in [0.4, 0.5) is 5.69 Å². The van der Waals surface area contributed by atoms with Crippen LogP contribution in [0.2, 0.25) is 0 Å². The van der Waals surface area contributed by atoms with Crippen molar-refractivity contribution in [1.82, 2.24) is 9.80 Å². The van der Waals surface area contributed by atoms with E-state index >= 15 is 0 Å². The van der Waals surface area contributed by atoms with Crippen molar-refractivity contribution in [2.75, 3.05) is 39.3 Å². The summed E-state index contributed by atoms with van der Waals surface area (Å²) in [5.74, 6) is 0.575. The van der Waals surface area contributed by atoms with Gasteiger partial charge in [-0.15, -0.1) is 0 Å². The molecule has 0 N–H and O–H groups in total. The van der Waals surface area contributed by atoms with E-state index < -0.39 is 4.92 Å². The molecule has 1 aromatic carbocycles. The van der Waals surface area contributed by atoms with Gasteiger partial charge in [0.25, 0.3) is 5.69 Å². The second kappa shape index (κ2) is 7.75. The lowest BCUT2D eigenvalue weighted by molar-refractivity contribution is -0.384. The minimum absolute atomic E-state index is 0.0777.